The van der Waals surface area contributed by atoms with Crippen LogP contribution in [0.25, 0.3) is 0 Å². The summed E-state index contributed by atoms with van der Waals surface area (Å²) in [7, 11) is 0. The average molecular weight is 270 g/mol. The second-order valence-electron chi connectivity index (χ2n) is 4.55. The van der Waals surface area contributed by atoms with E-state index in [1.54, 1.807) is 6.07 Å². The van der Waals surface area contributed by atoms with Crippen LogP contribution in [0.3, 0.4) is 0 Å². The summed E-state index contributed by atoms with van der Waals surface area (Å²) in [6, 6.07) is 4.76. The number of hydrogen-bond donors (Lipinski definition) is 1. The number of guanidine groups is 1. The van der Waals surface area contributed by atoms with E-state index in [4.69, 9.17) is 17.3 Å². The maximum Gasteiger partial charge on any atom is 0.192 e. The first-order chi connectivity index (χ1) is 8.54. The van der Waals surface area contributed by atoms with Gasteiger partial charge < -0.3 is 10.6 Å². The molecule has 5 heteroatoms. The monoisotopic (exact) mass is 269 g/mol. The molecule has 3 nitrogen and oxygen atoms in total. The lowest BCUT2D eigenvalue weighted by Gasteiger charge is -2.32. The van der Waals surface area contributed by atoms with E-state index < -0.39 is 0 Å². The van der Waals surface area contributed by atoms with Gasteiger partial charge in [-0.05, 0) is 31.0 Å². The Hall–Kier alpha value is -1.29. The van der Waals surface area contributed by atoms with E-state index in [0.29, 0.717) is 17.5 Å². The van der Waals surface area contributed by atoms with Gasteiger partial charge in [0.2, 0.25) is 0 Å². The summed E-state index contributed by atoms with van der Waals surface area (Å²) in [5.74, 6) is 0.209. The van der Waals surface area contributed by atoms with E-state index in [9.17, 15) is 4.39 Å². The maximum atomic E-state index is 13.1. The van der Waals surface area contributed by atoms with Crippen molar-refractivity contribution in [2.45, 2.75) is 32.4 Å². The number of nitrogens with two attached hydrogens (primary N) is 1. The fourth-order valence-electron chi connectivity index (χ4n) is 2.26. The van der Waals surface area contributed by atoms with Crippen molar-refractivity contribution in [3.05, 3.63) is 34.6 Å². The quantitative estimate of drug-likeness (QED) is 0.917. The van der Waals surface area contributed by atoms with Crippen LogP contribution in [0.1, 0.15) is 31.9 Å². The molecule has 2 unspecified atom stereocenters. The van der Waals surface area contributed by atoms with Crippen LogP contribution in [0, 0.1) is 5.82 Å². The van der Waals surface area contributed by atoms with E-state index in [1.807, 2.05) is 0 Å². The van der Waals surface area contributed by atoms with Crippen LogP contribution < -0.4 is 5.73 Å². The number of hydrogen-bond acceptors (Lipinski definition) is 3. The Balaban J connectivity index is 2.33. The molecule has 0 saturated carbocycles. The third-order valence-electron chi connectivity index (χ3n) is 3.41. The Kier molecular flexibility index (Phi) is 3.76. The van der Waals surface area contributed by atoms with Crippen molar-refractivity contribution in [3.8, 4) is 0 Å². The van der Waals surface area contributed by atoms with Crippen molar-refractivity contribution >= 4 is 17.6 Å². The largest absolute Gasteiger partial charge is 0.370 e. The summed E-state index contributed by atoms with van der Waals surface area (Å²) in [4.78, 5) is 6.33. The molecule has 1 aromatic carbocycles. The van der Waals surface area contributed by atoms with Gasteiger partial charge in [0.15, 0.2) is 5.96 Å². The van der Waals surface area contributed by atoms with Gasteiger partial charge in [-0.15, -0.1) is 0 Å². The second kappa shape index (κ2) is 5.14. The van der Waals surface area contributed by atoms with Crippen LogP contribution in [0.5, 0.6) is 0 Å². The van der Waals surface area contributed by atoms with Crippen LogP contribution >= 0.6 is 11.6 Å². The molecule has 0 aromatic heterocycles. The van der Waals surface area contributed by atoms with Crippen molar-refractivity contribution in [1.29, 1.82) is 0 Å². The number of aliphatic imine (C=N–C) groups is 1. The third kappa shape index (κ3) is 2.29. The fourth-order valence-corrected chi connectivity index (χ4v) is 2.55. The van der Waals surface area contributed by atoms with Gasteiger partial charge in [0.25, 0.3) is 0 Å². The summed E-state index contributed by atoms with van der Waals surface area (Å²) in [6.07, 6.45) is 0.964. The number of rotatable bonds is 3. The van der Waals surface area contributed by atoms with E-state index >= 15 is 0 Å². The number of benzene rings is 1. The maximum absolute atomic E-state index is 13.1. The first-order valence-electron chi connectivity index (χ1n) is 6.07. The summed E-state index contributed by atoms with van der Waals surface area (Å²) in [5.41, 5.74) is 6.80. The van der Waals surface area contributed by atoms with Crippen LogP contribution in [0.4, 0.5) is 4.39 Å². The molecule has 0 bridgehead atoms. The molecule has 18 heavy (non-hydrogen) atoms. The van der Waals surface area contributed by atoms with Gasteiger partial charge >= 0.3 is 0 Å². The number of nitrogens with zero attached hydrogens (tertiary/aromatic N) is 2. The van der Waals surface area contributed by atoms with Gasteiger partial charge in [-0.1, -0.05) is 24.6 Å². The normalized spacial score (nSPS) is 21.0. The Bertz CT molecular complexity index is 475. The Morgan fingerprint density at radius 2 is 2.33 bits per heavy atom. The molecule has 98 valence electrons. The van der Waals surface area contributed by atoms with Gasteiger partial charge in [0.1, 0.15) is 5.82 Å². The molecule has 2 atom stereocenters. The zero-order chi connectivity index (χ0) is 13.3. The summed E-state index contributed by atoms with van der Waals surface area (Å²) >= 11 is 6.11. The van der Waals surface area contributed by atoms with E-state index in [2.05, 4.69) is 23.7 Å². The molecule has 0 amide bonds. The molecule has 0 spiro atoms. The zero-order valence-corrected chi connectivity index (χ0v) is 11.3. The summed E-state index contributed by atoms with van der Waals surface area (Å²) in [6.45, 7) is 4.76. The molecular weight excluding hydrogens is 253 g/mol. The predicted octanol–water partition coefficient (Wildman–Crippen LogP) is 2.95. The lowest BCUT2D eigenvalue weighted by Crippen LogP contribution is -2.42. The first kappa shape index (κ1) is 13.1. The molecule has 2 rings (SSSR count). The van der Waals surface area contributed by atoms with Gasteiger partial charge in [0, 0.05) is 11.1 Å². The predicted molar refractivity (Wildman–Crippen MR) is 72.2 cm³/mol. The zero-order valence-electron chi connectivity index (χ0n) is 10.5. The highest BCUT2D eigenvalue weighted by Gasteiger charge is 2.31. The van der Waals surface area contributed by atoms with Crippen molar-refractivity contribution in [2.75, 3.05) is 6.54 Å². The SMILES string of the molecule is CCC(C)N1C(N)=NCC1c1ccc(F)cc1Cl. The van der Waals surface area contributed by atoms with Crippen LogP contribution in [0.15, 0.2) is 23.2 Å². The summed E-state index contributed by atoms with van der Waals surface area (Å²) < 4.78 is 13.1. The van der Waals surface area contributed by atoms with E-state index in [-0.39, 0.29) is 17.9 Å². The van der Waals surface area contributed by atoms with Crippen LogP contribution in [-0.2, 0) is 0 Å². The Morgan fingerprint density at radius 3 is 2.94 bits per heavy atom. The van der Waals surface area contributed by atoms with Gasteiger partial charge in [-0.3, -0.25) is 4.99 Å². The molecule has 1 heterocycles. The standard InChI is InChI=1S/C13H17ClFN3/c1-3-8(2)18-12(7-17-13(18)16)10-5-4-9(15)6-11(10)14/h4-6,8,12H,3,7H2,1-2H3,(H2,16,17). The molecule has 1 aliphatic heterocycles. The lowest BCUT2D eigenvalue weighted by atomic mass is 10.0. The molecule has 2 N–H and O–H groups in total. The topological polar surface area (TPSA) is 41.6 Å². The minimum Gasteiger partial charge on any atom is -0.370 e. The van der Waals surface area contributed by atoms with Crippen molar-refractivity contribution in [3.63, 3.8) is 0 Å². The van der Waals surface area contributed by atoms with Crippen molar-refractivity contribution in [2.24, 2.45) is 10.7 Å². The average Bonchev–Trinajstić information content (AvgIpc) is 2.70. The molecule has 0 fully saturated rings. The molecule has 0 saturated heterocycles. The van der Waals surface area contributed by atoms with E-state index in [0.717, 1.165) is 12.0 Å². The highest BCUT2D eigenvalue weighted by Crippen LogP contribution is 2.33. The van der Waals surface area contributed by atoms with Crippen LogP contribution in [-0.4, -0.2) is 23.4 Å². The molecule has 0 radical (unpaired) electrons. The van der Waals surface area contributed by atoms with Gasteiger partial charge in [-0.2, -0.15) is 0 Å². The molecule has 0 aliphatic carbocycles. The molecule has 1 aromatic rings. The lowest BCUT2D eigenvalue weighted by molar-refractivity contribution is 0.268. The fraction of sp³-hybridized carbons (Fsp3) is 0.462. The van der Waals surface area contributed by atoms with E-state index in [1.165, 1.54) is 12.1 Å². The Morgan fingerprint density at radius 1 is 1.61 bits per heavy atom. The first-order valence-corrected chi connectivity index (χ1v) is 6.45. The number of halogens is 2. The second-order valence-corrected chi connectivity index (χ2v) is 4.95. The molecular formula is C13H17ClFN3. The van der Waals surface area contributed by atoms with Crippen molar-refractivity contribution in [1.82, 2.24) is 4.90 Å². The van der Waals surface area contributed by atoms with Gasteiger partial charge in [-0.25, -0.2) is 4.39 Å². The van der Waals surface area contributed by atoms with Crippen LogP contribution in [0.2, 0.25) is 5.02 Å². The highest BCUT2D eigenvalue weighted by molar-refractivity contribution is 6.31. The minimum absolute atomic E-state index is 0.00745. The van der Waals surface area contributed by atoms with Gasteiger partial charge in [0.05, 0.1) is 12.6 Å². The Labute approximate surface area is 111 Å². The summed E-state index contributed by atoms with van der Waals surface area (Å²) in [5, 5.41) is 0.429. The minimum atomic E-state index is -0.328. The highest BCUT2D eigenvalue weighted by atomic mass is 35.5. The van der Waals surface area contributed by atoms with Crippen molar-refractivity contribution < 1.29 is 4.39 Å². The third-order valence-corrected chi connectivity index (χ3v) is 3.74. The smallest absolute Gasteiger partial charge is 0.192 e. The molecule has 1 aliphatic rings.